The van der Waals surface area contributed by atoms with Gasteiger partial charge in [0, 0.05) is 26.2 Å². The molecule has 1 aliphatic rings. The van der Waals surface area contributed by atoms with Crippen LogP contribution in [0, 0.1) is 11.3 Å². The van der Waals surface area contributed by atoms with Crippen molar-refractivity contribution >= 4 is 5.82 Å². The summed E-state index contributed by atoms with van der Waals surface area (Å²) < 4.78 is 0. The van der Waals surface area contributed by atoms with Gasteiger partial charge in [-0.3, -0.25) is 0 Å². The van der Waals surface area contributed by atoms with Crippen molar-refractivity contribution in [1.82, 2.24) is 14.9 Å². The van der Waals surface area contributed by atoms with Crippen LogP contribution in [-0.2, 0) is 0 Å². The van der Waals surface area contributed by atoms with Crippen molar-refractivity contribution in [2.75, 3.05) is 38.1 Å². The number of anilines is 1. The lowest BCUT2D eigenvalue weighted by Gasteiger charge is -2.40. The minimum atomic E-state index is 0.260. The Balaban J connectivity index is 2.17. The molecule has 1 aliphatic heterocycles. The molecule has 17 heavy (non-hydrogen) atoms. The second-order valence-electron chi connectivity index (χ2n) is 4.22. The van der Waals surface area contributed by atoms with E-state index in [1.54, 1.807) is 6.20 Å². The summed E-state index contributed by atoms with van der Waals surface area (Å²) in [5.41, 5.74) is 6.12. The number of piperazine rings is 1. The predicted octanol–water partition coefficient (Wildman–Crippen LogP) is -0.573. The van der Waals surface area contributed by atoms with Gasteiger partial charge in [0.05, 0.1) is 18.4 Å². The van der Waals surface area contributed by atoms with E-state index in [4.69, 9.17) is 11.0 Å². The van der Waals surface area contributed by atoms with Crippen LogP contribution in [0.1, 0.15) is 5.69 Å². The molecule has 0 saturated carbocycles. The van der Waals surface area contributed by atoms with Gasteiger partial charge >= 0.3 is 0 Å². The van der Waals surface area contributed by atoms with Crippen LogP contribution in [0.25, 0.3) is 0 Å². The summed E-state index contributed by atoms with van der Waals surface area (Å²) in [7, 11) is 2.09. The highest BCUT2D eigenvalue weighted by Gasteiger charge is 2.25. The molecule has 0 amide bonds. The molecule has 1 aromatic rings. The molecule has 2 rings (SSSR count). The van der Waals surface area contributed by atoms with Gasteiger partial charge in [0.1, 0.15) is 11.9 Å². The molecule has 0 spiro atoms. The smallest absolute Gasteiger partial charge is 0.158 e. The van der Waals surface area contributed by atoms with Crippen LogP contribution >= 0.6 is 0 Å². The molecule has 6 nitrogen and oxygen atoms in total. The summed E-state index contributed by atoms with van der Waals surface area (Å²) in [6, 6.07) is 2.22. The molecule has 2 heterocycles. The molecule has 0 bridgehead atoms. The zero-order chi connectivity index (χ0) is 12.3. The number of hydrogen-bond acceptors (Lipinski definition) is 6. The molecule has 0 radical (unpaired) electrons. The molecule has 0 aliphatic carbocycles. The molecular weight excluding hydrogens is 216 g/mol. The Morgan fingerprint density at radius 2 is 2.29 bits per heavy atom. The highest BCUT2D eigenvalue weighted by Crippen LogP contribution is 2.16. The van der Waals surface area contributed by atoms with E-state index >= 15 is 0 Å². The average Bonchev–Trinajstić information content (AvgIpc) is 2.39. The fraction of sp³-hybridized carbons (Fsp3) is 0.545. The molecule has 1 atom stereocenters. The van der Waals surface area contributed by atoms with Gasteiger partial charge in [-0.2, -0.15) is 5.26 Å². The van der Waals surface area contributed by atoms with E-state index in [0.717, 1.165) is 25.5 Å². The van der Waals surface area contributed by atoms with E-state index in [-0.39, 0.29) is 6.04 Å². The minimum Gasteiger partial charge on any atom is -0.349 e. The maximum absolute atomic E-state index is 8.68. The fourth-order valence-electron chi connectivity index (χ4n) is 2.04. The number of nitriles is 1. The Labute approximate surface area is 101 Å². The Morgan fingerprint density at radius 1 is 1.47 bits per heavy atom. The van der Waals surface area contributed by atoms with Crippen LogP contribution in [0.3, 0.4) is 0 Å². The van der Waals surface area contributed by atoms with Crippen LogP contribution in [0.2, 0.25) is 0 Å². The lowest BCUT2D eigenvalue weighted by molar-refractivity contribution is 0.268. The number of likely N-dealkylation sites (N-methyl/N-ethyl adjacent to an activating group) is 1. The minimum absolute atomic E-state index is 0.260. The molecule has 2 N–H and O–H groups in total. The van der Waals surface area contributed by atoms with Gasteiger partial charge in [0.2, 0.25) is 0 Å². The van der Waals surface area contributed by atoms with Gasteiger partial charge < -0.3 is 15.5 Å². The maximum atomic E-state index is 8.68. The van der Waals surface area contributed by atoms with Crippen molar-refractivity contribution in [3.8, 4) is 6.07 Å². The molecule has 1 saturated heterocycles. The van der Waals surface area contributed by atoms with E-state index in [1.165, 1.54) is 6.20 Å². The lowest BCUT2D eigenvalue weighted by Crippen LogP contribution is -2.55. The Kier molecular flexibility index (Phi) is 3.52. The monoisotopic (exact) mass is 232 g/mol. The molecule has 0 aromatic carbocycles. The van der Waals surface area contributed by atoms with Gasteiger partial charge in [-0.15, -0.1) is 0 Å². The fourth-order valence-corrected chi connectivity index (χ4v) is 2.04. The van der Waals surface area contributed by atoms with Gasteiger partial charge in [-0.25, -0.2) is 9.97 Å². The Morgan fingerprint density at radius 3 is 2.88 bits per heavy atom. The van der Waals surface area contributed by atoms with Gasteiger partial charge in [0.15, 0.2) is 5.69 Å². The zero-order valence-electron chi connectivity index (χ0n) is 9.87. The molecule has 1 unspecified atom stereocenters. The molecule has 90 valence electrons. The van der Waals surface area contributed by atoms with E-state index in [9.17, 15) is 0 Å². The summed E-state index contributed by atoms with van der Waals surface area (Å²) in [4.78, 5) is 12.7. The first-order valence-electron chi connectivity index (χ1n) is 5.62. The number of aromatic nitrogens is 2. The normalized spacial score (nSPS) is 21.2. The van der Waals surface area contributed by atoms with Crippen molar-refractivity contribution in [1.29, 1.82) is 5.26 Å². The van der Waals surface area contributed by atoms with Gasteiger partial charge in [0.25, 0.3) is 0 Å². The van der Waals surface area contributed by atoms with Gasteiger partial charge in [-0.1, -0.05) is 0 Å². The molecule has 6 heteroatoms. The SMILES string of the molecule is CN1CCN(c2cnc(C#N)cn2)C(CN)C1. The number of nitrogens with two attached hydrogens (primary N) is 1. The van der Waals surface area contributed by atoms with Crippen molar-refractivity contribution < 1.29 is 0 Å². The summed E-state index contributed by atoms with van der Waals surface area (Å²) in [6.45, 7) is 3.39. The van der Waals surface area contributed by atoms with Crippen LogP contribution in [0.5, 0.6) is 0 Å². The molecule has 1 fully saturated rings. The first-order valence-corrected chi connectivity index (χ1v) is 5.62. The van der Waals surface area contributed by atoms with Crippen LogP contribution in [-0.4, -0.2) is 54.1 Å². The largest absolute Gasteiger partial charge is 0.349 e. The second-order valence-corrected chi connectivity index (χ2v) is 4.22. The first kappa shape index (κ1) is 11.8. The van der Waals surface area contributed by atoms with E-state index in [0.29, 0.717) is 12.2 Å². The highest BCUT2D eigenvalue weighted by molar-refractivity contribution is 5.39. The third kappa shape index (κ3) is 2.52. The second kappa shape index (κ2) is 5.08. The maximum Gasteiger partial charge on any atom is 0.158 e. The molecule has 1 aromatic heterocycles. The topological polar surface area (TPSA) is 82.1 Å². The average molecular weight is 232 g/mol. The predicted molar refractivity (Wildman–Crippen MR) is 64.4 cm³/mol. The van der Waals surface area contributed by atoms with E-state index in [2.05, 4.69) is 26.8 Å². The van der Waals surface area contributed by atoms with Crippen molar-refractivity contribution in [3.05, 3.63) is 18.1 Å². The van der Waals surface area contributed by atoms with Crippen molar-refractivity contribution in [2.45, 2.75) is 6.04 Å². The Hall–Kier alpha value is -1.71. The summed E-state index contributed by atoms with van der Waals surface area (Å²) in [5, 5.41) is 8.68. The van der Waals surface area contributed by atoms with Crippen molar-refractivity contribution in [2.24, 2.45) is 5.73 Å². The Bertz CT molecular complexity index is 409. The third-order valence-corrected chi connectivity index (χ3v) is 3.00. The van der Waals surface area contributed by atoms with Crippen LogP contribution < -0.4 is 10.6 Å². The van der Waals surface area contributed by atoms with Gasteiger partial charge in [-0.05, 0) is 7.05 Å². The number of hydrogen-bond donors (Lipinski definition) is 1. The summed E-state index contributed by atoms with van der Waals surface area (Å²) in [5.74, 6) is 0.799. The quantitative estimate of drug-likeness (QED) is 0.735. The van der Waals surface area contributed by atoms with Crippen molar-refractivity contribution in [3.63, 3.8) is 0 Å². The summed E-state index contributed by atoms with van der Waals surface area (Å²) >= 11 is 0. The lowest BCUT2D eigenvalue weighted by atomic mass is 10.2. The van der Waals surface area contributed by atoms with E-state index < -0.39 is 0 Å². The standard InChI is InChI=1S/C11H16N6/c1-16-2-3-17(10(5-13)8-16)11-7-14-9(4-12)6-15-11/h6-7,10H,2-3,5,8,13H2,1H3. The highest BCUT2D eigenvalue weighted by atomic mass is 15.3. The number of nitrogens with zero attached hydrogens (tertiary/aromatic N) is 5. The molecular formula is C11H16N6. The van der Waals surface area contributed by atoms with Crippen LogP contribution in [0.15, 0.2) is 12.4 Å². The first-order chi connectivity index (χ1) is 8.24. The number of rotatable bonds is 2. The summed E-state index contributed by atoms with van der Waals surface area (Å²) in [6.07, 6.45) is 3.15. The van der Waals surface area contributed by atoms with Crippen LogP contribution in [0.4, 0.5) is 5.82 Å². The van der Waals surface area contributed by atoms with E-state index in [1.807, 2.05) is 6.07 Å². The zero-order valence-corrected chi connectivity index (χ0v) is 9.87. The third-order valence-electron chi connectivity index (χ3n) is 3.00.